The van der Waals surface area contributed by atoms with Crippen molar-refractivity contribution in [3.8, 4) is 5.88 Å². The van der Waals surface area contributed by atoms with Crippen LogP contribution in [0.15, 0.2) is 30.6 Å². The number of ether oxygens (including phenoxy) is 1. The minimum Gasteiger partial charge on any atom is -0.467 e. The molecule has 3 N–H and O–H groups in total. The Bertz CT molecular complexity index is 950. The fourth-order valence-electron chi connectivity index (χ4n) is 2.31. The molecule has 0 radical (unpaired) electrons. The maximum atomic E-state index is 12.1. The Balaban J connectivity index is 1.67. The number of nitrogens with zero attached hydrogens (tertiary/aromatic N) is 2. The number of hydrogen-bond donors (Lipinski definition) is 2. The summed E-state index contributed by atoms with van der Waals surface area (Å²) >= 11 is 1.56. The van der Waals surface area contributed by atoms with Crippen LogP contribution in [-0.2, 0) is 4.79 Å². The number of aryl methyl sites for hydroxylation is 2. The van der Waals surface area contributed by atoms with Crippen LogP contribution in [0.4, 0.5) is 5.69 Å². The largest absolute Gasteiger partial charge is 0.467 e. The zero-order valence-electron chi connectivity index (χ0n) is 13.7. The summed E-state index contributed by atoms with van der Waals surface area (Å²) in [5.74, 6) is -0.454. The summed E-state index contributed by atoms with van der Waals surface area (Å²) in [7, 11) is 0. The number of amides is 2. The van der Waals surface area contributed by atoms with Gasteiger partial charge in [-0.05, 0) is 43.7 Å². The highest BCUT2D eigenvalue weighted by Gasteiger charge is 2.14. The van der Waals surface area contributed by atoms with Gasteiger partial charge in [0.1, 0.15) is 11.2 Å². The van der Waals surface area contributed by atoms with Gasteiger partial charge in [-0.25, -0.2) is 9.97 Å². The summed E-state index contributed by atoms with van der Waals surface area (Å²) in [5.41, 5.74) is 7.16. The number of carbonyl (C=O) groups is 2. The summed E-state index contributed by atoms with van der Waals surface area (Å²) in [5, 5.41) is 3.53. The maximum Gasteiger partial charge on any atom is 0.262 e. The monoisotopic (exact) mass is 356 g/mol. The summed E-state index contributed by atoms with van der Waals surface area (Å²) in [4.78, 5) is 33.4. The highest BCUT2D eigenvalue weighted by molar-refractivity contribution is 7.18. The first kappa shape index (κ1) is 16.8. The third-order valence-electron chi connectivity index (χ3n) is 3.72. The molecule has 25 heavy (non-hydrogen) atoms. The molecule has 2 amide bonds. The van der Waals surface area contributed by atoms with Crippen LogP contribution in [0, 0.1) is 13.8 Å². The van der Waals surface area contributed by atoms with Crippen LogP contribution in [0.25, 0.3) is 10.2 Å². The van der Waals surface area contributed by atoms with Gasteiger partial charge in [0.15, 0.2) is 6.61 Å². The lowest BCUT2D eigenvalue weighted by atomic mass is 10.2. The van der Waals surface area contributed by atoms with Crippen LogP contribution in [0.2, 0.25) is 0 Å². The number of aromatic nitrogens is 2. The van der Waals surface area contributed by atoms with Crippen LogP contribution in [0.1, 0.15) is 20.8 Å². The van der Waals surface area contributed by atoms with Gasteiger partial charge in [0.05, 0.1) is 5.39 Å². The molecule has 128 valence electrons. The lowest BCUT2D eigenvalue weighted by molar-refractivity contribution is -0.118. The van der Waals surface area contributed by atoms with E-state index in [9.17, 15) is 9.59 Å². The van der Waals surface area contributed by atoms with Gasteiger partial charge in [0.25, 0.3) is 5.91 Å². The zero-order valence-corrected chi connectivity index (χ0v) is 14.5. The fraction of sp³-hybridized carbons (Fsp3) is 0.176. The SMILES string of the molecule is Cc1sc2ncnc(OCC(=O)Nc3ccc(C(N)=O)cc3)c2c1C. The average molecular weight is 356 g/mol. The van der Waals surface area contributed by atoms with E-state index >= 15 is 0 Å². The third-order valence-corrected chi connectivity index (χ3v) is 4.84. The second kappa shape index (κ2) is 6.86. The number of nitrogens with one attached hydrogen (secondary N) is 1. The molecular formula is C17H16N4O3S. The summed E-state index contributed by atoms with van der Waals surface area (Å²) in [6, 6.07) is 6.30. The lowest BCUT2D eigenvalue weighted by Gasteiger charge is -2.08. The van der Waals surface area contributed by atoms with Gasteiger partial charge in [-0.15, -0.1) is 11.3 Å². The molecule has 2 aromatic heterocycles. The van der Waals surface area contributed by atoms with Crippen molar-refractivity contribution in [1.29, 1.82) is 0 Å². The molecule has 0 saturated heterocycles. The molecule has 0 bridgehead atoms. The highest BCUT2D eigenvalue weighted by atomic mass is 32.1. The lowest BCUT2D eigenvalue weighted by Crippen LogP contribution is -2.20. The molecule has 0 atom stereocenters. The number of benzene rings is 1. The quantitative estimate of drug-likeness (QED) is 0.730. The minimum atomic E-state index is -0.518. The van der Waals surface area contributed by atoms with Gasteiger partial charge in [-0.3, -0.25) is 9.59 Å². The Morgan fingerprint density at radius 3 is 2.60 bits per heavy atom. The van der Waals surface area contributed by atoms with Gasteiger partial charge in [-0.1, -0.05) is 0 Å². The topological polar surface area (TPSA) is 107 Å². The van der Waals surface area contributed by atoms with Crippen LogP contribution in [0.3, 0.4) is 0 Å². The summed E-state index contributed by atoms with van der Waals surface area (Å²) < 4.78 is 5.58. The van der Waals surface area contributed by atoms with E-state index in [4.69, 9.17) is 10.5 Å². The van der Waals surface area contributed by atoms with Crippen LogP contribution >= 0.6 is 11.3 Å². The van der Waals surface area contributed by atoms with Crippen molar-refractivity contribution in [3.05, 3.63) is 46.6 Å². The Morgan fingerprint density at radius 2 is 1.92 bits per heavy atom. The number of thiophene rings is 1. The van der Waals surface area contributed by atoms with E-state index in [1.54, 1.807) is 35.6 Å². The Hall–Kier alpha value is -3.00. The van der Waals surface area contributed by atoms with Crippen molar-refractivity contribution in [2.75, 3.05) is 11.9 Å². The molecule has 7 nitrogen and oxygen atoms in total. The minimum absolute atomic E-state index is 0.183. The molecule has 8 heteroatoms. The van der Waals surface area contributed by atoms with E-state index in [0.717, 1.165) is 20.7 Å². The highest BCUT2D eigenvalue weighted by Crippen LogP contribution is 2.33. The number of carbonyl (C=O) groups excluding carboxylic acids is 2. The smallest absolute Gasteiger partial charge is 0.262 e. The van der Waals surface area contributed by atoms with E-state index in [1.807, 2.05) is 13.8 Å². The standard InChI is InChI=1S/C17H16N4O3S/c1-9-10(2)25-17-14(9)16(19-8-20-17)24-7-13(22)21-12-5-3-11(4-6-12)15(18)23/h3-6,8H,7H2,1-2H3,(H2,18,23)(H,21,22). The number of nitrogens with two attached hydrogens (primary N) is 1. The molecule has 1 aromatic carbocycles. The van der Waals surface area contributed by atoms with Gasteiger partial charge < -0.3 is 15.8 Å². The van der Waals surface area contributed by atoms with E-state index < -0.39 is 5.91 Å². The molecule has 0 aliphatic rings. The predicted molar refractivity (Wildman–Crippen MR) is 96.0 cm³/mol. The number of fused-ring (bicyclic) bond motifs is 1. The average Bonchev–Trinajstić information content (AvgIpc) is 2.88. The second-order valence-electron chi connectivity index (χ2n) is 5.42. The van der Waals surface area contributed by atoms with Crippen LogP contribution < -0.4 is 15.8 Å². The Morgan fingerprint density at radius 1 is 1.20 bits per heavy atom. The molecule has 3 aromatic rings. The zero-order chi connectivity index (χ0) is 18.0. The van der Waals surface area contributed by atoms with Crippen molar-refractivity contribution in [3.63, 3.8) is 0 Å². The van der Waals surface area contributed by atoms with E-state index in [1.165, 1.54) is 6.33 Å². The predicted octanol–water partition coefficient (Wildman–Crippen LogP) is 2.42. The van der Waals surface area contributed by atoms with Crippen molar-refractivity contribution < 1.29 is 14.3 Å². The first-order valence-corrected chi connectivity index (χ1v) is 8.30. The fourth-order valence-corrected chi connectivity index (χ4v) is 3.30. The Labute approximate surface area is 147 Å². The van der Waals surface area contributed by atoms with Crippen LogP contribution in [-0.4, -0.2) is 28.4 Å². The Kier molecular flexibility index (Phi) is 4.62. The van der Waals surface area contributed by atoms with E-state index in [0.29, 0.717) is 17.1 Å². The van der Waals surface area contributed by atoms with Crippen LogP contribution in [0.5, 0.6) is 5.88 Å². The molecule has 0 spiro atoms. The number of primary amides is 1. The van der Waals surface area contributed by atoms with Crippen molar-refractivity contribution in [2.24, 2.45) is 5.73 Å². The number of anilines is 1. The van der Waals surface area contributed by atoms with Crippen molar-refractivity contribution in [1.82, 2.24) is 9.97 Å². The number of rotatable bonds is 5. The molecular weight excluding hydrogens is 340 g/mol. The number of hydrogen-bond acceptors (Lipinski definition) is 6. The van der Waals surface area contributed by atoms with Gasteiger partial charge in [-0.2, -0.15) is 0 Å². The first-order chi connectivity index (χ1) is 12.0. The van der Waals surface area contributed by atoms with E-state index in [-0.39, 0.29) is 12.5 Å². The summed E-state index contributed by atoms with van der Waals surface area (Å²) in [6.07, 6.45) is 1.42. The maximum absolute atomic E-state index is 12.1. The van der Waals surface area contributed by atoms with Gasteiger partial charge in [0, 0.05) is 16.1 Å². The van der Waals surface area contributed by atoms with Crippen molar-refractivity contribution in [2.45, 2.75) is 13.8 Å². The first-order valence-electron chi connectivity index (χ1n) is 7.49. The van der Waals surface area contributed by atoms with Gasteiger partial charge in [0.2, 0.25) is 11.8 Å². The molecule has 0 fully saturated rings. The molecule has 0 saturated carbocycles. The molecule has 0 aliphatic carbocycles. The molecule has 3 rings (SSSR count). The van der Waals surface area contributed by atoms with Crippen molar-refractivity contribution >= 4 is 39.1 Å². The normalized spacial score (nSPS) is 10.6. The second-order valence-corrected chi connectivity index (χ2v) is 6.62. The van der Waals surface area contributed by atoms with E-state index in [2.05, 4.69) is 15.3 Å². The third kappa shape index (κ3) is 3.58. The molecule has 2 heterocycles. The van der Waals surface area contributed by atoms with Gasteiger partial charge >= 0.3 is 0 Å². The summed E-state index contributed by atoms with van der Waals surface area (Å²) in [6.45, 7) is 3.80. The molecule has 0 aliphatic heterocycles. The molecule has 0 unspecified atom stereocenters.